The summed E-state index contributed by atoms with van der Waals surface area (Å²) in [6.07, 6.45) is 3.50. The topological polar surface area (TPSA) is 78.5 Å². The number of alkyl halides is 2. The van der Waals surface area contributed by atoms with Crippen LogP contribution in [0.25, 0.3) is 0 Å². The van der Waals surface area contributed by atoms with Gasteiger partial charge in [0.25, 0.3) is 10.0 Å². The molecule has 2 N–H and O–H groups in total. The summed E-state index contributed by atoms with van der Waals surface area (Å²) in [4.78, 5) is 11.8. The molecule has 0 bridgehead atoms. The highest BCUT2D eigenvalue weighted by atomic mass is 32.2. The molecule has 0 aromatic heterocycles. The van der Waals surface area contributed by atoms with Crippen LogP contribution in [0.3, 0.4) is 0 Å². The van der Waals surface area contributed by atoms with E-state index in [2.05, 4.69) is 10.6 Å². The number of nitrogens with one attached hydrogen (secondary N) is 2. The minimum absolute atomic E-state index is 0.0135. The van der Waals surface area contributed by atoms with E-state index in [-0.39, 0.29) is 24.9 Å². The standard InChI is InChI=1S/C14H25F2N3O3S/c15-14(16)23(21,22)19-7-4-12(5-8-19)10-18-13(20)2-1-11-3-6-17-9-11/h11-12,14,17H,1-10H2,(H,18,20). The Balaban J connectivity index is 1.63. The van der Waals surface area contributed by atoms with Crippen molar-refractivity contribution in [3.63, 3.8) is 0 Å². The number of amides is 1. The van der Waals surface area contributed by atoms with Gasteiger partial charge in [0.15, 0.2) is 0 Å². The molecule has 2 aliphatic heterocycles. The van der Waals surface area contributed by atoms with E-state index in [1.807, 2.05) is 0 Å². The maximum absolute atomic E-state index is 12.5. The van der Waals surface area contributed by atoms with Gasteiger partial charge in [-0.1, -0.05) is 0 Å². The Labute approximate surface area is 136 Å². The number of rotatable bonds is 7. The van der Waals surface area contributed by atoms with Gasteiger partial charge in [0.1, 0.15) is 0 Å². The van der Waals surface area contributed by atoms with Gasteiger partial charge < -0.3 is 10.6 Å². The lowest BCUT2D eigenvalue weighted by Crippen LogP contribution is -2.43. The van der Waals surface area contributed by atoms with Gasteiger partial charge in [0.2, 0.25) is 5.91 Å². The number of sulfonamides is 1. The lowest BCUT2D eigenvalue weighted by Gasteiger charge is -2.30. The van der Waals surface area contributed by atoms with Crippen LogP contribution in [0.5, 0.6) is 0 Å². The van der Waals surface area contributed by atoms with Crippen molar-refractivity contribution in [1.82, 2.24) is 14.9 Å². The molecular formula is C14H25F2N3O3S. The first-order chi connectivity index (χ1) is 10.9. The zero-order valence-corrected chi connectivity index (χ0v) is 14.0. The lowest BCUT2D eigenvalue weighted by molar-refractivity contribution is -0.121. The molecule has 1 amide bonds. The number of halogens is 2. The van der Waals surface area contributed by atoms with E-state index in [9.17, 15) is 22.0 Å². The molecule has 2 aliphatic rings. The van der Waals surface area contributed by atoms with Crippen molar-refractivity contribution in [1.29, 1.82) is 0 Å². The normalized spacial score (nSPS) is 24.2. The van der Waals surface area contributed by atoms with Crippen LogP contribution in [0.4, 0.5) is 8.78 Å². The molecule has 2 saturated heterocycles. The number of carbonyl (C=O) groups excluding carboxylic acids is 1. The minimum Gasteiger partial charge on any atom is -0.356 e. The van der Waals surface area contributed by atoms with E-state index >= 15 is 0 Å². The van der Waals surface area contributed by atoms with Crippen LogP contribution in [-0.2, 0) is 14.8 Å². The van der Waals surface area contributed by atoms with E-state index in [4.69, 9.17) is 0 Å². The Morgan fingerprint density at radius 1 is 1.22 bits per heavy atom. The van der Waals surface area contributed by atoms with E-state index in [0.717, 1.165) is 30.2 Å². The largest absolute Gasteiger partial charge is 0.356 e. The van der Waals surface area contributed by atoms with Gasteiger partial charge in [-0.2, -0.15) is 13.1 Å². The molecule has 0 saturated carbocycles. The maximum Gasteiger partial charge on any atom is 0.350 e. The molecule has 0 aromatic rings. The smallest absolute Gasteiger partial charge is 0.350 e. The summed E-state index contributed by atoms with van der Waals surface area (Å²) in [5.41, 5.74) is 0. The number of piperidine rings is 1. The highest BCUT2D eigenvalue weighted by Crippen LogP contribution is 2.22. The predicted molar refractivity (Wildman–Crippen MR) is 82.4 cm³/mol. The van der Waals surface area contributed by atoms with E-state index < -0.39 is 15.8 Å². The summed E-state index contributed by atoms with van der Waals surface area (Å²) >= 11 is 0. The fraction of sp³-hybridized carbons (Fsp3) is 0.929. The minimum atomic E-state index is -4.47. The van der Waals surface area contributed by atoms with E-state index in [0.29, 0.717) is 31.7 Å². The summed E-state index contributed by atoms with van der Waals surface area (Å²) in [7, 11) is -4.47. The third kappa shape index (κ3) is 5.36. The second kappa shape index (κ2) is 8.34. The predicted octanol–water partition coefficient (Wildman–Crippen LogP) is 0.757. The van der Waals surface area contributed by atoms with Gasteiger partial charge in [0.05, 0.1) is 0 Å². The van der Waals surface area contributed by atoms with E-state index in [1.165, 1.54) is 0 Å². The molecule has 1 atom stereocenters. The first-order valence-corrected chi connectivity index (χ1v) is 9.64. The van der Waals surface area contributed by atoms with Crippen LogP contribution in [0.2, 0.25) is 0 Å². The molecule has 23 heavy (non-hydrogen) atoms. The summed E-state index contributed by atoms with van der Waals surface area (Å²) in [5, 5.41) is 6.14. The van der Waals surface area contributed by atoms with Crippen molar-refractivity contribution in [3.05, 3.63) is 0 Å². The van der Waals surface area contributed by atoms with Crippen LogP contribution in [0.1, 0.15) is 32.1 Å². The summed E-state index contributed by atoms with van der Waals surface area (Å²) in [5.74, 6) is -2.62. The van der Waals surface area contributed by atoms with Crippen molar-refractivity contribution < 1.29 is 22.0 Å². The number of nitrogens with zero attached hydrogens (tertiary/aromatic N) is 1. The van der Waals surface area contributed by atoms with E-state index in [1.54, 1.807) is 0 Å². The first-order valence-electron chi connectivity index (χ1n) is 8.14. The molecule has 134 valence electrons. The van der Waals surface area contributed by atoms with Crippen LogP contribution in [-0.4, -0.2) is 57.1 Å². The molecule has 2 heterocycles. The second-order valence-electron chi connectivity index (χ2n) is 6.35. The van der Waals surface area contributed by atoms with Gasteiger partial charge in [-0.15, -0.1) is 0 Å². The van der Waals surface area contributed by atoms with Crippen LogP contribution >= 0.6 is 0 Å². The maximum atomic E-state index is 12.5. The molecule has 2 fully saturated rings. The second-order valence-corrected chi connectivity index (χ2v) is 8.25. The molecule has 0 spiro atoms. The van der Waals surface area contributed by atoms with Crippen molar-refractivity contribution in [2.75, 3.05) is 32.7 Å². The number of hydrogen-bond donors (Lipinski definition) is 2. The van der Waals surface area contributed by atoms with Gasteiger partial charge in [-0.05, 0) is 50.6 Å². The monoisotopic (exact) mass is 353 g/mol. The van der Waals surface area contributed by atoms with Gasteiger partial charge in [-0.3, -0.25) is 4.79 Å². The SMILES string of the molecule is O=C(CCC1CCNC1)NCC1CCN(S(=O)(=O)C(F)F)CC1. The quantitative estimate of drug-likeness (QED) is 0.708. The molecule has 0 aromatic carbocycles. The Morgan fingerprint density at radius 2 is 1.91 bits per heavy atom. The number of hydrogen-bond acceptors (Lipinski definition) is 4. The third-order valence-electron chi connectivity index (χ3n) is 4.69. The van der Waals surface area contributed by atoms with Crippen LogP contribution in [0, 0.1) is 11.8 Å². The molecule has 0 radical (unpaired) electrons. The molecule has 6 nitrogen and oxygen atoms in total. The van der Waals surface area contributed by atoms with Crippen LogP contribution < -0.4 is 10.6 Å². The fourth-order valence-corrected chi connectivity index (χ4v) is 4.07. The zero-order chi connectivity index (χ0) is 16.9. The average molecular weight is 353 g/mol. The highest BCUT2D eigenvalue weighted by Gasteiger charge is 2.34. The van der Waals surface area contributed by atoms with Crippen molar-refractivity contribution in [2.24, 2.45) is 11.8 Å². The zero-order valence-electron chi connectivity index (χ0n) is 13.1. The Morgan fingerprint density at radius 3 is 2.48 bits per heavy atom. The molecular weight excluding hydrogens is 328 g/mol. The lowest BCUT2D eigenvalue weighted by atomic mass is 9.98. The fourth-order valence-electron chi connectivity index (χ4n) is 3.12. The molecule has 0 aliphatic carbocycles. The molecule has 1 unspecified atom stereocenters. The highest BCUT2D eigenvalue weighted by molar-refractivity contribution is 7.89. The molecule has 9 heteroatoms. The third-order valence-corrected chi connectivity index (χ3v) is 6.22. The van der Waals surface area contributed by atoms with Crippen LogP contribution in [0.15, 0.2) is 0 Å². The Hall–Kier alpha value is -0.800. The van der Waals surface area contributed by atoms with Gasteiger partial charge >= 0.3 is 5.76 Å². The average Bonchev–Trinajstić information content (AvgIpc) is 3.04. The van der Waals surface area contributed by atoms with Crippen molar-refractivity contribution in [3.8, 4) is 0 Å². The summed E-state index contributed by atoms with van der Waals surface area (Å²) < 4.78 is 48.5. The van der Waals surface area contributed by atoms with Crippen molar-refractivity contribution >= 4 is 15.9 Å². The first kappa shape index (κ1) is 18.5. The number of carbonyl (C=O) groups is 1. The van der Waals surface area contributed by atoms with Crippen molar-refractivity contribution in [2.45, 2.75) is 37.9 Å². The Kier molecular flexibility index (Phi) is 6.72. The van der Waals surface area contributed by atoms with Gasteiger partial charge in [-0.25, -0.2) is 8.42 Å². The summed E-state index contributed by atoms with van der Waals surface area (Å²) in [6.45, 7) is 2.68. The molecule has 2 rings (SSSR count). The summed E-state index contributed by atoms with van der Waals surface area (Å²) in [6, 6.07) is 0. The van der Waals surface area contributed by atoms with Gasteiger partial charge in [0, 0.05) is 26.1 Å². The Bertz CT molecular complexity index is 487.